The predicted molar refractivity (Wildman–Crippen MR) is 79.4 cm³/mol. The number of hydrogen-bond donors (Lipinski definition) is 0. The zero-order valence-corrected chi connectivity index (χ0v) is 13.1. The summed E-state index contributed by atoms with van der Waals surface area (Å²) in [7, 11) is 0. The lowest BCUT2D eigenvalue weighted by atomic mass is 10.1. The largest absolute Gasteiger partial charge is 0.377 e. The molecule has 0 N–H and O–H groups in total. The summed E-state index contributed by atoms with van der Waals surface area (Å²) in [5.74, 6) is 0.0938. The van der Waals surface area contributed by atoms with E-state index in [1.807, 2.05) is 36.9 Å². The second kappa shape index (κ2) is 6.53. The van der Waals surface area contributed by atoms with Crippen molar-refractivity contribution in [3.05, 3.63) is 33.8 Å². The molecular weight excluding hydrogens is 306 g/mol. The maximum atomic E-state index is 12.5. The van der Waals surface area contributed by atoms with Gasteiger partial charge in [0.25, 0.3) is 5.91 Å². The molecule has 0 saturated carbocycles. The Morgan fingerprint density at radius 1 is 1.53 bits per heavy atom. The van der Waals surface area contributed by atoms with Crippen LogP contribution in [0, 0.1) is 6.92 Å². The van der Waals surface area contributed by atoms with E-state index in [1.165, 1.54) is 0 Å². The standard InChI is InChI=1S/C15H20BrNO2/c1-3-19-12-5-4-8-17(10-12)15(18)13-7-6-11(2)9-14(13)16/h6-7,9,12H,3-5,8,10H2,1-2H3. The number of ether oxygens (including phenoxy) is 1. The Balaban J connectivity index is 2.10. The number of amides is 1. The van der Waals surface area contributed by atoms with Gasteiger partial charge in [-0.3, -0.25) is 4.79 Å². The molecule has 1 aromatic rings. The van der Waals surface area contributed by atoms with Crippen molar-refractivity contribution in [1.82, 2.24) is 4.90 Å². The van der Waals surface area contributed by atoms with Crippen LogP contribution in [0.2, 0.25) is 0 Å². The smallest absolute Gasteiger partial charge is 0.255 e. The summed E-state index contributed by atoms with van der Waals surface area (Å²) in [4.78, 5) is 14.4. The van der Waals surface area contributed by atoms with Gasteiger partial charge >= 0.3 is 0 Å². The van der Waals surface area contributed by atoms with Gasteiger partial charge in [0.05, 0.1) is 11.7 Å². The number of rotatable bonds is 3. The van der Waals surface area contributed by atoms with Gasteiger partial charge in [-0.05, 0) is 60.3 Å². The summed E-state index contributed by atoms with van der Waals surface area (Å²) in [5, 5.41) is 0. The molecule has 19 heavy (non-hydrogen) atoms. The maximum absolute atomic E-state index is 12.5. The summed E-state index contributed by atoms with van der Waals surface area (Å²) in [6, 6.07) is 5.85. The van der Waals surface area contributed by atoms with Crippen LogP contribution >= 0.6 is 15.9 Å². The molecule has 1 atom stereocenters. The van der Waals surface area contributed by atoms with Crippen molar-refractivity contribution in [2.45, 2.75) is 32.8 Å². The van der Waals surface area contributed by atoms with Gasteiger partial charge in [0.1, 0.15) is 0 Å². The monoisotopic (exact) mass is 325 g/mol. The molecule has 1 aliphatic rings. The van der Waals surface area contributed by atoms with Crippen molar-refractivity contribution >= 4 is 21.8 Å². The third-order valence-corrected chi connectivity index (χ3v) is 4.08. The van der Waals surface area contributed by atoms with Gasteiger partial charge in [0.2, 0.25) is 0 Å². The first-order chi connectivity index (χ1) is 9.11. The highest BCUT2D eigenvalue weighted by molar-refractivity contribution is 9.10. The molecule has 3 nitrogen and oxygen atoms in total. The van der Waals surface area contributed by atoms with Crippen LogP contribution in [0.3, 0.4) is 0 Å². The molecule has 4 heteroatoms. The molecule has 1 aromatic carbocycles. The molecular formula is C15H20BrNO2. The number of hydrogen-bond acceptors (Lipinski definition) is 2. The van der Waals surface area contributed by atoms with Crippen molar-refractivity contribution in [2.24, 2.45) is 0 Å². The first-order valence-electron chi connectivity index (χ1n) is 6.79. The zero-order chi connectivity index (χ0) is 13.8. The van der Waals surface area contributed by atoms with Crippen LogP contribution in [-0.2, 0) is 4.74 Å². The molecule has 1 unspecified atom stereocenters. The third kappa shape index (κ3) is 3.57. The van der Waals surface area contributed by atoms with E-state index in [0.29, 0.717) is 13.2 Å². The molecule has 1 aliphatic heterocycles. The zero-order valence-electron chi connectivity index (χ0n) is 11.5. The maximum Gasteiger partial charge on any atom is 0.255 e. The molecule has 1 fully saturated rings. The number of carbonyl (C=O) groups excluding carboxylic acids is 1. The first-order valence-corrected chi connectivity index (χ1v) is 7.58. The van der Waals surface area contributed by atoms with Crippen molar-refractivity contribution in [1.29, 1.82) is 0 Å². The molecule has 104 valence electrons. The van der Waals surface area contributed by atoms with Gasteiger partial charge in [0.15, 0.2) is 0 Å². The summed E-state index contributed by atoms with van der Waals surface area (Å²) >= 11 is 3.48. The molecule has 0 aromatic heterocycles. The van der Waals surface area contributed by atoms with Crippen LogP contribution in [-0.4, -0.2) is 36.6 Å². The minimum Gasteiger partial charge on any atom is -0.377 e. The minimum absolute atomic E-state index is 0.0938. The van der Waals surface area contributed by atoms with E-state index < -0.39 is 0 Å². The van der Waals surface area contributed by atoms with E-state index in [-0.39, 0.29) is 12.0 Å². The lowest BCUT2D eigenvalue weighted by Gasteiger charge is -2.32. The Labute approximate surface area is 123 Å². The fraction of sp³-hybridized carbons (Fsp3) is 0.533. The molecule has 0 bridgehead atoms. The van der Waals surface area contributed by atoms with E-state index in [9.17, 15) is 4.79 Å². The van der Waals surface area contributed by atoms with Crippen LogP contribution in [0.5, 0.6) is 0 Å². The van der Waals surface area contributed by atoms with Crippen LogP contribution < -0.4 is 0 Å². The molecule has 1 amide bonds. The number of halogens is 1. The second-order valence-corrected chi connectivity index (χ2v) is 5.81. The summed E-state index contributed by atoms with van der Waals surface area (Å²) in [6.07, 6.45) is 2.25. The average Bonchev–Trinajstić information content (AvgIpc) is 2.39. The Bertz CT molecular complexity index is 459. The molecule has 0 spiro atoms. The first kappa shape index (κ1) is 14.5. The molecule has 1 saturated heterocycles. The van der Waals surface area contributed by atoms with Crippen LogP contribution in [0.25, 0.3) is 0 Å². The lowest BCUT2D eigenvalue weighted by molar-refractivity contribution is 0.00721. The highest BCUT2D eigenvalue weighted by atomic mass is 79.9. The van der Waals surface area contributed by atoms with Gasteiger partial charge in [0, 0.05) is 24.2 Å². The van der Waals surface area contributed by atoms with E-state index in [1.54, 1.807) is 0 Å². The van der Waals surface area contributed by atoms with Gasteiger partial charge in [-0.2, -0.15) is 0 Å². The number of carbonyl (C=O) groups is 1. The topological polar surface area (TPSA) is 29.5 Å². The fourth-order valence-corrected chi connectivity index (χ4v) is 3.12. The molecule has 0 radical (unpaired) electrons. The Morgan fingerprint density at radius 3 is 3.00 bits per heavy atom. The van der Waals surface area contributed by atoms with Crippen LogP contribution in [0.15, 0.2) is 22.7 Å². The Kier molecular flexibility index (Phi) is 4.99. The number of benzene rings is 1. The highest BCUT2D eigenvalue weighted by Crippen LogP contribution is 2.22. The van der Waals surface area contributed by atoms with Crippen LogP contribution in [0.1, 0.15) is 35.7 Å². The average molecular weight is 326 g/mol. The quantitative estimate of drug-likeness (QED) is 0.852. The van der Waals surface area contributed by atoms with Crippen LogP contribution in [0.4, 0.5) is 0 Å². The number of likely N-dealkylation sites (tertiary alicyclic amines) is 1. The van der Waals surface area contributed by atoms with Gasteiger partial charge in [-0.25, -0.2) is 0 Å². The van der Waals surface area contributed by atoms with Crippen molar-refractivity contribution in [3.63, 3.8) is 0 Å². The normalized spacial score (nSPS) is 19.5. The SMILES string of the molecule is CCOC1CCCN(C(=O)c2ccc(C)cc2Br)C1. The summed E-state index contributed by atoms with van der Waals surface area (Å²) in [6.45, 7) is 6.25. The summed E-state index contributed by atoms with van der Waals surface area (Å²) in [5.41, 5.74) is 1.89. The van der Waals surface area contributed by atoms with Crippen molar-refractivity contribution in [2.75, 3.05) is 19.7 Å². The Morgan fingerprint density at radius 2 is 2.32 bits per heavy atom. The van der Waals surface area contributed by atoms with Crippen molar-refractivity contribution < 1.29 is 9.53 Å². The van der Waals surface area contributed by atoms with Gasteiger partial charge in [-0.15, -0.1) is 0 Å². The van der Waals surface area contributed by atoms with E-state index in [4.69, 9.17) is 4.74 Å². The van der Waals surface area contributed by atoms with Crippen molar-refractivity contribution in [3.8, 4) is 0 Å². The van der Waals surface area contributed by atoms with Gasteiger partial charge < -0.3 is 9.64 Å². The molecule has 1 heterocycles. The molecule has 0 aliphatic carbocycles. The fourth-order valence-electron chi connectivity index (χ4n) is 2.46. The number of piperidine rings is 1. The Hall–Kier alpha value is -0.870. The van der Waals surface area contributed by atoms with Gasteiger partial charge in [-0.1, -0.05) is 6.07 Å². The van der Waals surface area contributed by atoms with E-state index >= 15 is 0 Å². The second-order valence-electron chi connectivity index (χ2n) is 4.95. The number of nitrogens with zero attached hydrogens (tertiary/aromatic N) is 1. The lowest BCUT2D eigenvalue weighted by Crippen LogP contribution is -2.43. The van der Waals surface area contributed by atoms with E-state index in [2.05, 4.69) is 15.9 Å². The summed E-state index contributed by atoms with van der Waals surface area (Å²) < 4.78 is 6.51. The highest BCUT2D eigenvalue weighted by Gasteiger charge is 2.25. The predicted octanol–water partition coefficient (Wildman–Crippen LogP) is 3.40. The third-order valence-electron chi connectivity index (χ3n) is 3.42. The number of aryl methyl sites for hydroxylation is 1. The van der Waals surface area contributed by atoms with E-state index in [0.717, 1.165) is 35.0 Å². The molecule has 2 rings (SSSR count). The minimum atomic E-state index is 0.0938.